The zero-order valence-corrected chi connectivity index (χ0v) is 13.9. The molecule has 0 spiro atoms. The van der Waals surface area contributed by atoms with E-state index in [1.165, 1.54) is 62.4 Å². The zero-order valence-electron chi connectivity index (χ0n) is 13.1. The molecule has 0 aromatic carbocycles. The van der Waals surface area contributed by atoms with Gasteiger partial charge in [-0.15, -0.1) is 11.3 Å². The summed E-state index contributed by atoms with van der Waals surface area (Å²) < 4.78 is 0. The molecule has 1 aliphatic carbocycles. The molecule has 4 nitrogen and oxygen atoms in total. The van der Waals surface area contributed by atoms with E-state index in [2.05, 4.69) is 22.1 Å². The van der Waals surface area contributed by atoms with Crippen LogP contribution in [-0.2, 0) is 12.8 Å². The Morgan fingerprint density at radius 1 is 1.33 bits per heavy atom. The predicted octanol–water partition coefficient (Wildman–Crippen LogP) is 2.29. The molecule has 118 valence electrons. The van der Waals surface area contributed by atoms with E-state index in [0.717, 1.165) is 23.9 Å². The van der Waals surface area contributed by atoms with Crippen LogP contribution in [0.4, 0.5) is 5.13 Å². The molecule has 1 aliphatic heterocycles. The Morgan fingerprint density at radius 2 is 2.14 bits per heavy atom. The Balaban J connectivity index is 1.63. The molecule has 0 amide bonds. The van der Waals surface area contributed by atoms with Gasteiger partial charge in [-0.1, -0.05) is 6.92 Å². The van der Waals surface area contributed by atoms with Gasteiger partial charge in [0, 0.05) is 17.5 Å². The van der Waals surface area contributed by atoms with Crippen molar-refractivity contribution in [1.82, 2.24) is 15.2 Å². The molecule has 0 radical (unpaired) electrons. The number of nitrogens with one attached hydrogen (secondary N) is 1. The number of anilines is 1. The van der Waals surface area contributed by atoms with Gasteiger partial charge in [-0.3, -0.25) is 4.90 Å². The number of aryl methyl sites for hydroxylation is 1. The highest BCUT2D eigenvalue weighted by Crippen LogP contribution is 2.31. The van der Waals surface area contributed by atoms with E-state index in [0.29, 0.717) is 6.04 Å². The van der Waals surface area contributed by atoms with Gasteiger partial charge in [0.05, 0.1) is 5.69 Å². The maximum absolute atomic E-state index is 5.87. The first-order valence-electron chi connectivity index (χ1n) is 8.45. The Hall–Kier alpha value is -0.650. The Bertz CT molecular complexity index is 453. The third-order valence-corrected chi connectivity index (χ3v) is 5.86. The average molecular weight is 308 g/mol. The minimum Gasteiger partial charge on any atom is -0.375 e. The third-order valence-electron chi connectivity index (χ3n) is 4.91. The third kappa shape index (κ3) is 3.76. The lowest BCUT2D eigenvalue weighted by Crippen LogP contribution is -2.44. The van der Waals surface area contributed by atoms with Crippen LogP contribution in [0.2, 0.25) is 0 Å². The summed E-state index contributed by atoms with van der Waals surface area (Å²) in [5.41, 5.74) is 7.15. The van der Waals surface area contributed by atoms with Crippen LogP contribution in [0, 0.1) is 5.92 Å². The quantitative estimate of drug-likeness (QED) is 0.876. The largest absolute Gasteiger partial charge is 0.375 e. The smallest absolute Gasteiger partial charge is 0.180 e. The molecule has 2 heterocycles. The number of thiazole rings is 1. The Labute approximate surface area is 132 Å². The molecule has 0 bridgehead atoms. The van der Waals surface area contributed by atoms with Crippen molar-refractivity contribution in [1.29, 1.82) is 0 Å². The number of rotatable bonds is 5. The number of hydrogen-bond donors (Lipinski definition) is 2. The van der Waals surface area contributed by atoms with Gasteiger partial charge in [-0.25, -0.2) is 4.98 Å². The van der Waals surface area contributed by atoms with E-state index in [-0.39, 0.29) is 0 Å². The molecule has 1 aromatic heterocycles. The second-order valence-corrected chi connectivity index (χ2v) is 7.62. The van der Waals surface area contributed by atoms with Crippen LogP contribution in [0.15, 0.2) is 0 Å². The molecule has 21 heavy (non-hydrogen) atoms. The van der Waals surface area contributed by atoms with Crippen molar-refractivity contribution in [3.8, 4) is 0 Å². The van der Waals surface area contributed by atoms with Gasteiger partial charge in [-0.05, 0) is 64.1 Å². The van der Waals surface area contributed by atoms with Gasteiger partial charge in [-0.2, -0.15) is 0 Å². The van der Waals surface area contributed by atoms with Crippen LogP contribution in [0.1, 0.15) is 43.2 Å². The van der Waals surface area contributed by atoms with E-state index >= 15 is 0 Å². The van der Waals surface area contributed by atoms with Crippen molar-refractivity contribution >= 4 is 16.5 Å². The number of piperidine rings is 1. The van der Waals surface area contributed by atoms with Crippen molar-refractivity contribution in [2.24, 2.45) is 5.92 Å². The van der Waals surface area contributed by atoms with Crippen molar-refractivity contribution < 1.29 is 0 Å². The molecule has 1 fully saturated rings. The highest BCUT2D eigenvalue weighted by Gasteiger charge is 2.28. The number of aromatic nitrogens is 1. The number of nitrogens with two attached hydrogens (primary N) is 1. The van der Waals surface area contributed by atoms with Crippen molar-refractivity contribution in [2.45, 2.75) is 51.5 Å². The predicted molar refractivity (Wildman–Crippen MR) is 89.8 cm³/mol. The van der Waals surface area contributed by atoms with E-state index < -0.39 is 0 Å². The molecule has 2 aliphatic rings. The molecule has 1 aromatic rings. The molecule has 1 atom stereocenters. The van der Waals surface area contributed by atoms with Gasteiger partial charge in [0.15, 0.2) is 5.13 Å². The number of fused-ring (bicyclic) bond motifs is 1. The van der Waals surface area contributed by atoms with Crippen molar-refractivity contribution in [3.05, 3.63) is 10.6 Å². The van der Waals surface area contributed by atoms with E-state index in [1.807, 2.05) is 0 Å². The zero-order chi connectivity index (χ0) is 14.7. The Kier molecular flexibility index (Phi) is 5.14. The second kappa shape index (κ2) is 7.07. The average Bonchev–Trinajstić information content (AvgIpc) is 2.87. The van der Waals surface area contributed by atoms with Crippen LogP contribution in [0.3, 0.4) is 0 Å². The molecular formula is C16H28N4S. The normalized spacial score (nSPS) is 23.4. The number of nitrogens with zero attached hydrogens (tertiary/aromatic N) is 2. The molecule has 3 N–H and O–H groups in total. The fourth-order valence-electron chi connectivity index (χ4n) is 3.80. The summed E-state index contributed by atoms with van der Waals surface area (Å²) in [5.74, 6) is 0.880. The van der Waals surface area contributed by atoms with Gasteiger partial charge >= 0.3 is 0 Å². The summed E-state index contributed by atoms with van der Waals surface area (Å²) in [5, 5.41) is 4.23. The maximum Gasteiger partial charge on any atom is 0.180 e. The first-order valence-corrected chi connectivity index (χ1v) is 9.26. The van der Waals surface area contributed by atoms with Gasteiger partial charge in [0.25, 0.3) is 0 Å². The number of nitrogen functional groups attached to an aromatic ring is 1. The summed E-state index contributed by atoms with van der Waals surface area (Å²) >= 11 is 1.71. The standard InChI is InChI=1S/C16H28N4S/c1-2-9-20(11-12-5-7-18-8-6-12)13-3-4-14-15(10-13)21-16(17)19-14/h12-13,18H,2-11H2,1H3,(H2,17,19)/t13-/m0/s1. The molecule has 5 heteroatoms. The first kappa shape index (κ1) is 15.3. The first-order chi connectivity index (χ1) is 10.3. The van der Waals surface area contributed by atoms with Crippen molar-refractivity contribution in [3.63, 3.8) is 0 Å². The van der Waals surface area contributed by atoms with Crippen LogP contribution >= 0.6 is 11.3 Å². The lowest BCUT2D eigenvalue weighted by atomic mass is 9.92. The SMILES string of the molecule is CCCN(CC1CCNCC1)[C@H]1CCc2nc(N)sc2C1. The highest BCUT2D eigenvalue weighted by atomic mass is 32.1. The summed E-state index contributed by atoms with van der Waals surface area (Å²) in [6.07, 6.45) is 7.45. The van der Waals surface area contributed by atoms with Gasteiger partial charge in [0.2, 0.25) is 0 Å². The molecule has 0 unspecified atom stereocenters. The summed E-state index contributed by atoms with van der Waals surface area (Å²) in [6.45, 7) is 7.21. The topological polar surface area (TPSA) is 54.2 Å². The van der Waals surface area contributed by atoms with E-state index in [9.17, 15) is 0 Å². The summed E-state index contributed by atoms with van der Waals surface area (Å²) in [4.78, 5) is 8.67. The van der Waals surface area contributed by atoms with Crippen molar-refractivity contribution in [2.75, 3.05) is 31.9 Å². The monoisotopic (exact) mass is 308 g/mol. The van der Waals surface area contributed by atoms with E-state index in [1.54, 1.807) is 11.3 Å². The van der Waals surface area contributed by atoms with Crippen LogP contribution in [-0.4, -0.2) is 42.1 Å². The van der Waals surface area contributed by atoms with E-state index in [4.69, 9.17) is 5.73 Å². The minimum absolute atomic E-state index is 0.701. The molecular weight excluding hydrogens is 280 g/mol. The highest BCUT2D eigenvalue weighted by molar-refractivity contribution is 7.15. The maximum atomic E-state index is 5.87. The van der Waals surface area contributed by atoms with Crippen LogP contribution < -0.4 is 11.1 Å². The fourth-order valence-corrected chi connectivity index (χ4v) is 4.74. The molecule has 3 rings (SSSR count). The second-order valence-electron chi connectivity index (χ2n) is 6.51. The lowest BCUT2D eigenvalue weighted by Gasteiger charge is -2.37. The Morgan fingerprint density at radius 3 is 2.90 bits per heavy atom. The number of hydrogen-bond acceptors (Lipinski definition) is 5. The molecule has 1 saturated heterocycles. The van der Waals surface area contributed by atoms with Gasteiger partial charge in [0.1, 0.15) is 0 Å². The van der Waals surface area contributed by atoms with Crippen LogP contribution in [0.5, 0.6) is 0 Å². The molecule has 0 saturated carbocycles. The summed E-state index contributed by atoms with van der Waals surface area (Å²) in [7, 11) is 0. The summed E-state index contributed by atoms with van der Waals surface area (Å²) in [6, 6.07) is 0.701. The van der Waals surface area contributed by atoms with Crippen LogP contribution in [0.25, 0.3) is 0 Å². The fraction of sp³-hybridized carbons (Fsp3) is 0.812. The lowest BCUT2D eigenvalue weighted by molar-refractivity contribution is 0.140. The van der Waals surface area contributed by atoms with Gasteiger partial charge < -0.3 is 11.1 Å². The minimum atomic E-state index is 0.701.